The molecular formula is C20H27N3O3. The highest BCUT2D eigenvalue weighted by Crippen LogP contribution is 2.52. The number of fused-ring (bicyclic) bond motifs is 1. The quantitative estimate of drug-likeness (QED) is 0.801. The van der Waals surface area contributed by atoms with Crippen molar-refractivity contribution in [3.05, 3.63) is 24.5 Å². The number of carbonyl (C=O) groups is 1. The summed E-state index contributed by atoms with van der Waals surface area (Å²) >= 11 is 0. The number of hydrogen-bond donors (Lipinski definition) is 0. The summed E-state index contributed by atoms with van der Waals surface area (Å²) in [5.41, 5.74) is 1.31. The number of pyridine rings is 1. The van der Waals surface area contributed by atoms with Crippen LogP contribution in [0.3, 0.4) is 0 Å². The smallest absolute Gasteiger partial charge is 0.226 e. The molecular weight excluding hydrogens is 330 g/mol. The summed E-state index contributed by atoms with van der Waals surface area (Å²) in [6.45, 7) is 6.74. The van der Waals surface area contributed by atoms with Crippen molar-refractivity contribution in [2.24, 2.45) is 23.2 Å². The van der Waals surface area contributed by atoms with Crippen LogP contribution in [0.1, 0.15) is 12.8 Å². The zero-order chi connectivity index (χ0) is 17.6. The predicted molar refractivity (Wildman–Crippen MR) is 96.8 cm³/mol. The molecule has 0 bridgehead atoms. The normalized spacial score (nSPS) is 33.0. The Labute approximate surface area is 154 Å². The molecule has 6 nitrogen and oxygen atoms in total. The van der Waals surface area contributed by atoms with Crippen molar-refractivity contribution in [2.75, 3.05) is 57.5 Å². The lowest BCUT2D eigenvalue weighted by Crippen LogP contribution is -2.49. The first-order chi connectivity index (χ1) is 12.8. The molecule has 0 radical (unpaired) electrons. The maximum atomic E-state index is 12.8. The van der Waals surface area contributed by atoms with Crippen molar-refractivity contribution in [1.82, 2.24) is 9.88 Å². The van der Waals surface area contributed by atoms with Crippen molar-refractivity contribution in [3.8, 4) is 0 Å². The molecule has 1 aliphatic carbocycles. The zero-order valence-electron chi connectivity index (χ0n) is 15.2. The van der Waals surface area contributed by atoms with Gasteiger partial charge in [-0.05, 0) is 36.8 Å². The summed E-state index contributed by atoms with van der Waals surface area (Å²) in [5, 5.41) is 0. The van der Waals surface area contributed by atoms with Crippen LogP contribution in [-0.2, 0) is 14.3 Å². The van der Waals surface area contributed by atoms with Gasteiger partial charge in [0.25, 0.3) is 0 Å². The van der Waals surface area contributed by atoms with Crippen LogP contribution in [-0.4, -0.2) is 68.4 Å². The maximum absolute atomic E-state index is 12.8. The molecule has 1 spiro atoms. The van der Waals surface area contributed by atoms with Gasteiger partial charge in [-0.3, -0.25) is 9.78 Å². The van der Waals surface area contributed by atoms with Crippen LogP contribution < -0.4 is 4.90 Å². The second-order valence-corrected chi connectivity index (χ2v) is 8.40. The molecule has 1 saturated carbocycles. The summed E-state index contributed by atoms with van der Waals surface area (Å²) < 4.78 is 11.4. The van der Waals surface area contributed by atoms with E-state index in [0.29, 0.717) is 17.7 Å². The lowest BCUT2D eigenvalue weighted by Gasteiger charge is -2.43. The van der Waals surface area contributed by atoms with Crippen LogP contribution in [0, 0.1) is 23.2 Å². The van der Waals surface area contributed by atoms with Crippen LogP contribution in [0.2, 0.25) is 0 Å². The molecule has 3 saturated heterocycles. The fourth-order valence-electron chi connectivity index (χ4n) is 5.07. The van der Waals surface area contributed by atoms with E-state index in [1.165, 1.54) is 5.69 Å². The van der Waals surface area contributed by atoms with Crippen LogP contribution in [0.4, 0.5) is 5.69 Å². The molecule has 0 N–H and O–H groups in total. The highest BCUT2D eigenvalue weighted by Gasteiger charge is 2.59. The number of piperidine rings is 1. The summed E-state index contributed by atoms with van der Waals surface area (Å²) in [4.78, 5) is 21.6. The molecule has 26 heavy (non-hydrogen) atoms. The first-order valence-corrected chi connectivity index (χ1v) is 9.85. The first-order valence-electron chi connectivity index (χ1n) is 9.85. The monoisotopic (exact) mass is 357 g/mol. The van der Waals surface area contributed by atoms with Crippen LogP contribution in [0.5, 0.6) is 0 Å². The SMILES string of the molecule is O=C(C1[C@H]2COC[C@@H]12)N1CCC2(CC1)COCCN(c1cccnc1)C2. The standard InChI is InChI=1S/C20H27N3O3/c24-19(18-16-11-26-12-17(16)18)22-6-3-20(4-7-22)13-23(8-9-25-14-20)15-2-1-5-21-10-15/h1-2,5,10,16-18H,3-4,6-9,11-14H2/t16-,17+,18?. The highest BCUT2D eigenvalue weighted by molar-refractivity contribution is 5.82. The number of aromatic nitrogens is 1. The maximum Gasteiger partial charge on any atom is 0.226 e. The highest BCUT2D eigenvalue weighted by atomic mass is 16.5. The van der Waals surface area contributed by atoms with Crippen molar-refractivity contribution in [2.45, 2.75) is 12.8 Å². The average molecular weight is 357 g/mol. The Hall–Kier alpha value is -1.66. The molecule has 0 aromatic carbocycles. The van der Waals surface area contributed by atoms with E-state index in [-0.39, 0.29) is 11.3 Å². The molecule has 5 rings (SSSR count). The Kier molecular flexibility index (Phi) is 4.13. The molecule has 3 atom stereocenters. The van der Waals surface area contributed by atoms with E-state index in [0.717, 1.165) is 65.4 Å². The van der Waals surface area contributed by atoms with Gasteiger partial charge in [-0.25, -0.2) is 0 Å². The van der Waals surface area contributed by atoms with Gasteiger partial charge in [-0.15, -0.1) is 0 Å². The van der Waals surface area contributed by atoms with E-state index in [1.807, 2.05) is 18.5 Å². The minimum Gasteiger partial charge on any atom is -0.381 e. The Bertz CT molecular complexity index is 650. The Morgan fingerprint density at radius 2 is 1.96 bits per heavy atom. The molecule has 6 heteroatoms. The Balaban J connectivity index is 1.23. The number of rotatable bonds is 2. The van der Waals surface area contributed by atoms with Crippen molar-refractivity contribution < 1.29 is 14.3 Å². The molecule has 1 aromatic heterocycles. The minimum atomic E-state index is 0.144. The summed E-state index contributed by atoms with van der Waals surface area (Å²) in [6.07, 6.45) is 5.80. The summed E-state index contributed by atoms with van der Waals surface area (Å²) in [5.74, 6) is 1.62. The van der Waals surface area contributed by atoms with Gasteiger partial charge in [-0.2, -0.15) is 0 Å². The molecule has 4 fully saturated rings. The van der Waals surface area contributed by atoms with Gasteiger partial charge in [0.15, 0.2) is 0 Å². The van der Waals surface area contributed by atoms with Gasteiger partial charge in [0, 0.05) is 43.7 Å². The molecule has 3 aliphatic heterocycles. The van der Waals surface area contributed by atoms with Gasteiger partial charge in [-0.1, -0.05) is 0 Å². The van der Waals surface area contributed by atoms with Crippen molar-refractivity contribution >= 4 is 11.6 Å². The third-order valence-corrected chi connectivity index (χ3v) is 6.82. The number of hydrogen-bond acceptors (Lipinski definition) is 5. The number of anilines is 1. The molecule has 4 heterocycles. The van der Waals surface area contributed by atoms with Crippen LogP contribution in [0.25, 0.3) is 0 Å². The number of amides is 1. The third-order valence-electron chi connectivity index (χ3n) is 6.82. The number of likely N-dealkylation sites (tertiary alicyclic amines) is 1. The lowest BCUT2D eigenvalue weighted by molar-refractivity contribution is -0.136. The molecule has 1 unspecified atom stereocenters. The Morgan fingerprint density at radius 1 is 1.15 bits per heavy atom. The van der Waals surface area contributed by atoms with E-state index in [4.69, 9.17) is 9.47 Å². The second kappa shape index (κ2) is 6.50. The lowest BCUT2D eigenvalue weighted by atomic mass is 9.78. The molecule has 4 aliphatic rings. The summed E-state index contributed by atoms with van der Waals surface area (Å²) in [7, 11) is 0. The third kappa shape index (κ3) is 2.89. The number of ether oxygens (including phenoxy) is 2. The van der Waals surface area contributed by atoms with Gasteiger partial charge < -0.3 is 19.3 Å². The van der Waals surface area contributed by atoms with Gasteiger partial charge in [0.1, 0.15) is 0 Å². The molecule has 140 valence electrons. The van der Waals surface area contributed by atoms with E-state index in [2.05, 4.69) is 20.9 Å². The fraction of sp³-hybridized carbons (Fsp3) is 0.700. The van der Waals surface area contributed by atoms with E-state index in [1.54, 1.807) is 0 Å². The van der Waals surface area contributed by atoms with Crippen molar-refractivity contribution in [3.63, 3.8) is 0 Å². The van der Waals surface area contributed by atoms with E-state index in [9.17, 15) is 4.79 Å². The predicted octanol–water partition coefficient (Wildman–Crippen LogP) is 1.42. The topological polar surface area (TPSA) is 54.9 Å². The molecule has 1 amide bonds. The zero-order valence-corrected chi connectivity index (χ0v) is 15.2. The first kappa shape index (κ1) is 16.5. The fourth-order valence-corrected chi connectivity index (χ4v) is 5.07. The van der Waals surface area contributed by atoms with Crippen molar-refractivity contribution in [1.29, 1.82) is 0 Å². The van der Waals surface area contributed by atoms with Crippen LogP contribution in [0.15, 0.2) is 24.5 Å². The van der Waals surface area contributed by atoms with Gasteiger partial charge >= 0.3 is 0 Å². The van der Waals surface area contributed by atoms with E-state index >= 15 is 0 Å². The molecule has 1 aromatic rings. The van der Waals surface area contributed by atoms with Gasteiger partial charge in [0.05, 0.1) is 38.3 Å². The number of nitrogens with zero attached hydrogens (tertiary/aromatic N) is 3. The number of carbonyl (C=O) groups excluding carboxylic acids is 1. The van der Waals surface area contributed by atoms with Gasteiger partial charge in [0.2, 0.25) is 5.91 Å². The summed E-state index contributed by atoms with van der Waals surface area (Å²) in [6, 6.07) is 4.11. The average Bonchev–Trinajstić information content (AvgIpc) is 3.25. The largest absolute Gasteiger partial charge is 0.381 e. The van der Waals surface area contributed by atoms with Crippen LogP contribution >= 0.6 is 0 Å². The second-order valence-electron chi connectivity index (χ2n) is 8.40. The van der Waals surface area contributed by atoms with E-state index < -0.39 is 0 Å². The minimum absolute atomic E-state index is 0.144. The Morgan fingerprint density at radius 3 is 2.69 bits per heavy atom.